The van der Waals surface area contributed by atoms with Crippen LogP contribution >= 0.6 is 0 Å². The van der Waals surface area contributed by atoms with Gasteiger partial charge >= 0.3 is 0 Å². The zero-order valence-electron chi connectivity index (χ0n) is 21.3. The molecule has 0 aromatic carbocycles. The van der Waals surface area contributed by atoms with Crippen molar-refractivity contribution in [2.24, 2.45) is 11.8 Å². The number of hydrogen-bond acceptors (Lipinski definition) is 5. The number of furan rings is 1. The summed E-state index contributed by atoms with van der Waals surface area (Å²) in [5.41, 5.74) is 4.93. The molecule has 0 saturated heterocycles. The average Bonchev–Trinajstić information content (AvgIpc) is 3.25. The molecule has 1 N–H and O–H groups in total. The third-order valence-electron chi connectivity index (χ3n) is 6.78. The first-order valence-electron chi connectivity index (χ1n) is 12.7. The smallest absolute Gasteiger partial charge is 0.162 e. The van der Waals surface area contributed by atoms with Crippen LogP contribution in [-0.4, -0.2) is 20.9 Å². The molecule has 4 rings (SSSR count). The van der Waals surface area contributed by atoms with E-state index in [0.29, 0.717) is 0 Å². The molecule has 5 nitrogen and oxygen atoms in total. The van der Waals surface area contributed by atoms with E-state index in [0.717, 1.165) is 66.6 Å². The van der Waals surface area contributed by atoms with Gasteiger partial charge in [-0.25, -0.2) is 0 Å². The normalized spacial score (nSPS) is 13.3. The minimum absolute atomic E-state index is 0. The molecule has 3 aromatic rings. The van der Waals surface area contributed by atoms with Crippen molar-refractivity contribution in [3.8, 4) is 11.3 Å². The summed E-state index contributed by atoms with van der Waals surface area (Å²) in [5, 5.41) is 9.76. The number of carbonyl (C=O) groups is 1. The van der Waals surface area contributed by atoms with Crippen molar-refractivity contribution in [2.75, 3.05) is 0 Å². The van der Waals surface area contributed by atoms with Gasteiger partial charge in [-0.3, -0.25) is 9.78 Å². The van der Waals surface area contributed by atoms with Crippen LogP contribution in [0.1, 0.15) is 77.5 Å². The Morgan fingerprint density at radius 3 is 2.37 bits per heavy atom. The Labute approximate surface area is 222 Å². The maximum atomic E-state index is 11.7. The van der Waals surface area contributed by atoms with Crippen molar-refractivity contribution in [1.82, 2.24) is 9.97 Å². The molecule has 3 heterocycles. The van der Waals surface area contributed by atoms with E-state index in [9.17, 15) is 9.90 Å². The van der Waals surface area contributed by atoms with Crippen molar-refractivity contribution < 1.29 is 34.4 Å². The maximum absolute atomic E-state index is 11.7. The first kappa shape index (κ1) is 28.9. The average molecular weight is 654 g/mol. The molecule has 35 heavy (non-hydrogen) atoms. The number of fused-ring (bicyclic) bond motifs is 3. The molecule has 0 spiro atoms. The molecular weight excluding hydrogens is 617 g/mol. The van der Waals surface area contributed by atoms with Crippen LogP contribution in [0.2, 0.25) is 0 Å². The molecule has 0 unspecified atom stereocenters. The zero-order valence-corrected chi connectivity index (χ0v) is 23.7. The second-order valence-corrected chi connectivity index (χ2v) is 8.88. The third kappa shape index (κ3) is 7.11. The van der Waals surface area contributed by atoms with Crippen molar-refractivity contribution in [2.45, 2.75) is 79.1 Å². The predicted molar refractivity (Wildman–Crippen MR) is 137 cm³/mol. The number of carbonyl (C=O) groups excluding carboxylic acids is 1. The standard InChI is InChI=1S/C16H13N2O.C13H24O2.Ir/c1-2-7-14-12(5-1)15-16(19-14)11(8-10-18-15)13-6-3-4-9-17-13;1-5-10(6-2)12(14)9-13(15)11(7-3)8-4;/h3-4,6,9-10H,1-2,5,7H2;9-11,14H,5-8H2,1-4H3;/q-1;;/b;12-9-;. The Balaban J connectivity index is 0.000000249. The molecule has 0 amide bonds. The molecule has 0 aliphatic heterocycles. The second kappa shape index (κ2) is 14.3. The van der Waals surface area contributed by atoms with Crippen LogP contribution in [0.25, 0.3) is 22.4 Å². The molecule has 0 fully saturated rings. The Morgan fingerprint density at radius 1 is 1.06 bits per heavy atom. The van der Waals surface area contributed by atoms with E-state index in [-0.39, 0.29) is 43.5 Å². The number of aliphatic hydroxyl groups is 1. The first-order chi connectivity index (χ1) is 16.5. The van der Waals surface area contributed by atoms with E-state index in [4.69, 9.17) is 4.42 Å². The van der Waals surface area contributed by atoms with E-state index in [2.05, 4.69) is 16.0 Å². The van der Waals surface area contributed by atoms with Crippen molar-refractivity contribution >= 4 is 16.9 Å². The summed E-state index contributed by atoms with van der Waals surface area (Å²) >= 11 is 0. The molecule has 0 bridgehead atoms. The Morgan fingerprint density at radius 2 is 1.74 bits per heavy atom. The Hall–Kier alpha value is -2.30. The molecule has 0 atom stereocenters. The van der Waals surface area contributed by atoms with Crippen molar-refractivity contribution in [3.63, 3.8) is 0 Å². The monoisotopic (exact) mass is 654 g/mol. The predicted octanol–water partition coefficient (Wildman–Crippen LogP) is 7.44. The number of ketones is 1. The number of aliphatic hydroxyl groups excluding tert-OH is 1. The van der Waals surface area contributed by atoms with Gasteiger partial charge in [0.25, 0.3) is 0 Å². The van der Waals surface area contributed by atoms with E-state index in [1.54, 1.807) is 12.4 Å². The molecule has 6 heteroatoms. The number of aromatic nitrogens is 2. The minimum Gasteiger partial charge on any atom is -0.517 e. The fourth-order valence-corrected chi connectivity index (χ4v) is 4.56. The quantitative estimate of drug-likeness (QED) is 0.155. The number of rotatable bonds is 8. The summed E-state index contributed by atoms with van der Waals surface area (Å²) in [4.78, 5) is 20.6. The van der Waals surface area contributed by atoms with Gasteiger partial charge in [-0.2, -0.15) is 6.07 Å². The van der Waals surface area contributed by atoms with Crippen LogP contribution in [-0.2, 0) is 37.7 Å². The van der Waals surface area contributed by atoms with E-state index in [1.807, 2.05) is 45.9 Å². The summed E-state index contributed by atoms with van der Waals surface area (Å²) in [7, 11) is 0. The number of allylic oxidation sites excluding steroid dienone is 2. The van der Waals surface area contributed by atoms with Crippen LogP contribution in [0, 0.1) is 17.9 Å². The molecule has 1 aliphatic rings. The van der Waals surface area contributed by atoms with Crippen molar-refractivity contribution in [3.05, 3.63) is 59.8 Å². The molecular formula is C29H37IrN2O3-. The van der Waals surface area contributed by atoms with Crippen LogP contribution in [0.15, 0.2) is 46.8 Å². The van der Waals surface area contributed by atoms with E-state index < -0.39 is 0 Å². The first-order valence-corrected chi connectivity index (χ1v) is 12.7. The SMILES string of the molecule is CCC(CC)C(=O)/C=C(\O)C(CC)CC.[Ir].[c-]1cnc2c3c(oc2c1-c1ccccn1)CCCC3. The third-order valence-corrected chi connectivity index (χ3v) is 6.78. The van der Waals surface area contributed by atoms with Crippen molar-refractivity contribution in [1.29, 1.82) is 0 Å². The van der Waals surface area contributed by atoms with E-state index >= 15 is 0 Å². The number of pyridine rings is 2. The summed E-state index contributed by atoms with van der Waals surface area (Å²) < 4.78 is 6.04. The topological polar surface area (TPSA) is 76.2 Å². The molecule has 191 valence electrons. The fraction of sp³-hybridized carbons (Fsp3) is 0.483. The van der Waals surface area contributed by atoms with Gasteiger partial charge in [-0.1, -0.05) is 39.8 Å². The molecule has 0 saturated carbocycles. The van der Waals surface area contributed by atoms with Gasteiger partial charge in [0.2, 0.25) is 0 Å². The van der Waals surface area contributed by atoms with Crippen LogP contribution in [0.3, 0.4) is 0 Å². The number of aryl methyl sites for hydroxylation is 2. The minimum atomic E-state index is 0. The maximum Gasteiger partial charge on any atom is 0.162 e. The van der Waals surface area contributed by atoms with Crippen LogP contribution in [0.4, 0.5) is 0 Å². The molecule has 3 aromatic heterocycles. The van der Waals surface area contributed by atoms with Crippen LogP contribution < -0.4 is 0 Å². The van der Waals surface area contributed by atoms with E-state index in [1.165, 1.54) is 24.5 Å². The summed E-state index contributed by atoms with van der Waals surface area (Å²) in [6, 6.07) is 9.04. The fourth-order valence-electron chi connectivity index (χ4n) is 4.56. The zero-order chi connectivity index (χ0) is 24.5. The van der Waals surface area contributed by atoms with Gasteiger partial charge in [0.15, 0.2) is 5.78 Å². The van der Waals surface area contributed by atoms with Gasteiger partial charge in [0.1, 0.15) is 0 Å². The van der Waals surface area contributed by atoms with Gasteiger partial charge in [-0.05, 0) is 62.9 Å². The molecule has 1 aliphatic carbocycles. The summed E-state index contributed by atoms with van der Waals surface area (Å²) in [6.45, 7) is 8.07. The summed E-state index contributed by atoms with van der Waals surface area (Å²) in [5.74, 6) is 1.65. The molecule has 1 radical (unpaired) electrons. The largest absolute Gasteiger partial charge is 0.517 e. The van der Waals surface area contributed by atoms with Gasteiger partial charge in [0.05, 0.1) is 17.0 Å². The summed E-state index contributed by atoms with van der Waals surface area (Å²) in [6.07, 6.45) is 12.9. The Kier molecular flexibility index (Phi) is 11.8. The Bertz CT molecular complexity index is 1100. The second-order valence-electron chi connectivity index (χ2n) is 8.88. The number of nitrogens with zero attached hydrogens (tertiary/aromatic N) is 2. The van der Waals surface area contributed by atoms with Gasteiger partial charge < -0.3 is 14.5 Å². The van der Waals surface area contributed by atoms with Crippen LogP contribution in [0.5, 0.6) is 0 Å². The number of hydrogen-bond donors (Lipinski definition) is 1. The van der Waals surface area contributed by atoms with Gasteiger partial charge in [-0.15, -0.1) is 5.56 Å². The van der Waals surface area contributed by atoms with Gasteiger partial charge in [0, 0.05) is 61.8 Å².